The molecule has 0 spiro atoms. The molecule has 0 saturated heterocycles. The number of para-hydroxylation sites is 2. The minimum absolute atomic E-state index is 0.0823. The molecular formula is C23H14Cl3FN2O. The van der Waals surface area contributed by atoms with Crippen molar-refractivity contribution in [3.05, 3.63) is 98.4 Å². The molecule has 0 N–H and O–H groups in total. The second-order valence-corrected chi connectivity index (χ2v) is 7.64. The van der Waals surface area contributed by atoms with Crippen molar-refractivity contribution in [2.45, 2.75) is 6.61 Å². The third-order valence-corrected chi connectivity index (χ3v) is 5.28. The van der Waals surface area contributed by atoms with Gasteiger partial charge in [-0.1, -0.05) is 65.1 Å². The largest absolute Gasteiger partial charge is 0.471 e. The molecule has 4 aromatic rings. The van der Waals surface area contributed by atoms with Gasteiger partial charge >= 0.3 is 0 Å². The molecule has 4 rings (SSSR count). The second-order valence-electron chi connectivity index (χ2n) is 6.39. The highest BCUT2D eigenvalue weighted by Gasteiger charge is 2.12. The van der Waals surface area contributed by atoms with E-state index in [1.807, 2.05) is 24.3 Å². The molecule has 0 radical (unpaired) electrons. The zero-order valence-electron chi connectivity index (χ0n) is 15.4. The fraction of sp³-hybridized carbons (Fsp3) is 0.0435. The van der Waals surface area contributed by atoms with Crippen molar-refractivity contribution in [3.63, 3.8) is 0 Å². The summed E-state index contributed by atoms with van der Waals surface area (Å²) in [5.41, 5.74) is 2.86. The molecule has 150 valence electrons. The molecule has 1 aromatic heterocycles. The molecule has 30 heavy (non-hydrogen) atoms. The number of nitrogens with zero attached hydrogens (tertiary/aromatic N) is 2. The van der Waals surface area contributed by atoms with Gasteiger partial charge < -0.3 is 4.74 Å². The topological polar surface area (TPSA) is 35.0 Å². The molecule has 0 fully saturated rings. The molecule has 0 aliphatic carbocycles. The predicted octanol–water partition coefficient (Wildman–Crippen LogP) is 7.48. The fourth-order valence-corrected chi connectivity index (χ4v) is 3.52. The number of ether oxygens (including phenoxy) is 1. The van der Waals surface area contributed by atoms with E-state index in [9.17, 15) is 4.39 Å². The van der Waals surface area contributed by atoms with E-state index in [1.54, 1.807) is 42.5 Å². The fourth-order valence-electron chi connectivity index (χ4n) is 2.83. The molecule has 7 heteroatoms. The highest BCUT2D eigenvalue weighted by atomic mass is 35.5. The van der Waals surface area contributed by atoms with Gasteiger partial charge in [0, 0.05) is 15.6 Å². The Morgan fingerprint density at radius 2 is 1.60 bits per heavy atom. The smallest absolute Gasteiger partial charge is 0.240 e. The van der Waals surface area contributed by atoms with Crippen LogP contribution in [0.2, 0.25) is 15.1 Å². The second kappa shape index (κ2) is 9.00. The number of aromatic nitrogens is 2. The zero-order chi connectivity index (χ0) is 21.1. The zero-order valence-corrected chi connectivity index (χ0v) is 17.7. The molecule has 1 heterocycles. The van der Waals surface area contributed by atoms with E-state index < -0.39 is 5.82 Å². The summed E-state index contributed by atoms with van der Waals surface area (Å²) in [6, 6.07) is 17.1. The number of benzene rings is 3. The number of halogens is 4. The van der Waals surface area contributed by atoms with Crippen LogP contribution in [0.15, 0.2) is 60.7 Å². The number of rotatable bonds is 5. The van der Waals surface area contributed by atoms with Crippen LogP contribution < -0.4 is 4.74 Å². The lowest BCUT2D eigenvalue weighted by molar-refractivity contribution is 0.287. The van der Waals surface area contributed by atoms with Crippen LogP contribution >= 0.6 is 34.8 Å². The van der Waals surface area contributed by atoms with Crippen LogP contribution in [-0.4, -0.2) is 9.97 Å². The molecular weight excluding hydrogens is 446 g/mol. The molecule has 0 bridgehead atoms. The van der Waals surface area contributed by atoms with Crippen LogP contribution in [0.25, 0.3) is 23.2 Å². The summed E-state index contributed by atoms with van der Waals surface area (Å²) in [6.07, 6.45) is 3.53. The van der Waals surface area contributed by atoms with E-state index in [0.717, 1.165) is 5.56 Å². The summed E-state index contributed by atoms with van der Waals surface area (Å²) >= 11 is 18.3. The first-order valence-corrected chi connectivity index (χ1v) is 10.1. The van der Waals surface area contributed by atoms with Crippen molar-refractivity contribution < 1.29 is 9.13 Å². The van der Waals surface area contributed by atoms with Crippen LogP contribution in [0.4, 0.5) is 4.39 Å². The molecule has 3 aromatic carbocycles. The van der Waals surface area contributed by atoms with Crippen molar-refractivity contribution in [3.8, 4) is 5.88 Å². The Bertz CT molecular complexity index is 1240. The lowest BCUT2D eigenvalue weighted by Crippen LogP contribution is -2.03. The highest BCUT2D eigenvalue weighted by Crippen LogP contribution is 2.27. The maximum absolute atomic E-state index is 14.1. The summed E-state index contributed by atoms with van der Waals surface area (Å²) in [7, 11) is 0. The summed E-state index contributed by atoms with van der Waals surface area (Å²) in [6.45, 7) is -0.0823. The monoisotopic (exact) mass is 458 g/mol. The average Bonchev–Trinajstić information content (AvgIpc) is 2.72. The van der Waals surface area contributed by atoms with Gasteiger partial charge in [-0.15, -0.1) is 0 Å². The number of hydrogen-bond acceptors (Lipinski definition) is 3. The predicted molar refractivity (Wildman–Crippen MR) is 121 cm³/mol. The van der Waals surface area contributed by atoms with E-state index in [4.69, 9.17) is 39.5 Å². The van der Waals surface area contributed by atoms with Crippen molar-refractivity contribution in [2.75, 3.05) is 0 Å². The molecule has 0 amide bonds. The van der Waals surface area contributed by atoms with Gasteiger partial charge in [0.05, 0.1) is 16.1 Å². The molecule has 0 saturated carbocycles. The lowest BCUT2D eigenvalue weighted by atomic mass is 10.2. The standard InChI is InChI=1S/C23H14Cl3FN2O/c24-15-10-8-14(18(26)12-15)9-11-22-23(29-21-7-2-1-6-20(21)28-22)30-13-16-17(25)4-3-5-19(16)27/h1-12H,13H2. The molecule has 0 unspecified atom stereocenters. The van der Waals surface area contributed by atoms with Gasteiger partial charge in [0.25, 0.3) is 0 Å². The van der Waals surface area contributed by atoms with Crippen LogP contribution in [0.1, 0.15) is 16.8 Å². The minimum atomic E-state index is -0.443. The third kappa shape index (κ3) is 4.57. The molecule has 0 atom stereocenters. The third-order valence-electron chi connectivity index (χ3n) is 4.36. The van der Waals surface area contributed by atoms with Crippen molar-refractivity contribution in [2.24, 2.45) is 0 Å². The Morgan fingerprint density at radius 1 is 0.833 bits per heavy atom. The Balaban J connectivity index is 1.71. The van der Waals surface area contributed by atoms with E-state index >= 15 is 0 Å². The van der Waals surface area contributed by atoms with Crippen molar-refractivity contribution in [1.82, 2.24) is 9.97 Å². The van der Waals surface area contributed by atoms with E-state index in [1.165, 1.54) is 6.07 Å². The van der Waals surface area contributed by atoms with Crippen LogP contribution in [0.3, 0.4) is 0 Å². The van der Waals surface area contributed by atoms with E-state index in [-0.39, 0.29) is 23.1 Å². The summed E-state index contributed by atoms with van der Waals surface area (Å²) in [5.74, 6) is -0.185. The maximum Gasteiger partial charge on any atom is 0.240 e. The van der Waals surface area contributed by atoms with Crippen LogP contribution in [0, 0.1) is 5.82 Å². The van der Waals surface area contributed by atoms with Crippen LogP contribution in [-0.2, 0) is 6.61 Å². The van der Waals surface area contributed by atoms with Gasteiger partial charge in [-0.2, -0.15) is 0 Å². The SMILES string of the molecule is Fc1cccc(Cl)c1COc1nc2ccccc2nc1C=Cc1ccc(Cl)cc1Cl. The van der Waals surface area contributed by atoms with Crippen LogP contribution in [0.5, 0.6) is 5.88 Å². The summed E-state index contributed by atoms with van der Waals surface area (Å²) in [4.78, 5) is 9.17. The highest BCUT2D eigenvalue weighted by molar-refractivity contribution is 6.35. The quantitative estimate of drug-likeness (QED) is 0.310. The van der Waals surface area contributed by atoms with E-state index in [0.29, 0.717) is 26.8 Å². The lowest BCUT2D eigenvalue weighted by Gasteiger charge is -2.11. The maximum atomic E-state index is 14.1. The first kappa shape index (κ1) is 20.6. The average molecular weight is 460 g/mol. The van der Waals surface area contributed by atoms with Gasteiger partial charge in [0.1, 0.15) is 18.1 Å². The number of fused-ring (bicyclic) bond motifs is 1. The van der Waals surface area contributed by atoms with E-state index in [2.05, 4.69) is 9.97 Å². The number of hydrogen-bond donors (Lipinski definition) is 0. The Labute approximate surface area is 187 Å². The van der Waals surface area contributed by atoms with Gasteiger partial charge in [-0.25, -0.2) is 14.4 Å². The first-order valence-electron chi connectivity index (χ1n) is 8.97. The molecule has 3 nitrogen and oxygen atoms in total. The molecule has 0 aliphatic heterocycles. The molecule has 0 aliphatic rings. The van der Waals surface area contributed by atoms with Crippen molar-refractivity contribution >= 4 is 58.0 Å². The minimum Gasteiger partial charge on any atom is -0.471 e. The van der Waals surface area contributed by atoms with Gasteiger partial charge in [-0.3, -0.25) is 0 Å². The Hall–Kier alpha value is -2.66. The first-order chi connectivity index (χ1) is 14.5. The summed E-state index contributed by atoms with van der Waals surface area (Å²) in [5, 5.41) is 1.34. The van der Waals surface area contributed by atoms with Crippen molar-refractivity contribution in [1.29, 1.82) is 0 Å². The summed E-state index contributed by atoms with van der Waals surface area (Å²) < 4.78 is 19.9. The normalized spacial score (nSPS) is 11.3. The van der Waals surface area contributed by atoms with Gasteiger partial charge in [0.2, 0.25) is 5.88 Å². The van der Waals surface area contributed by atoms with Gasteiger partial charge in [0.15, 0.2) is 0 Å². The Morgan fingerprint density at radius 3 is 2.33 bits per heavy atom. The Kier molecular flexibility index (Phi) is 6.18. The van der Waals surface area contributed by atoms with Gasteiger partial charge in [-0.05, 0) is 48.0 Å².